The van der Waals surface area contributed by atoms with E-state index in [0.29, 0.717) is 17.5 Å². The lowest BCUT2D eigenvalue weighted by Gasteiger charge is -2.34. The number of para-hydroxylation sites is 1. The van der Waals surface area contributed by atoms with Crippen LogP contribution in [0.3, 0.4) is 0 Å². The van der Waals surface area contributed by atoms with E-state index in [4.69, 9.17) is 19.9 Å². The lowest BCUT2D eigenvalue weighted by molar-refractivity contribution is 0.851. The first-order chi connectivity index (χ1) is 28.8. The molecule has 0 atom stereocenters. The Balaban J connectivity index is 1.16. The average Bonchev–Trinajstić information content (AvgIpc) is 3.82. The summed E-state index contributed by atoms with van der Waals surface area (Å²) < 4.78 is 2.38. The van der Waals surface area contributed by atoms with Gasteiger partial charge in [-0.05, 0) is 47.0 Å². The summed E-state index contributed by atoms with van der Waals surface area (Å²) in [6.07, 6.45) is 0. The molecule has 1 aliphatic rings. The van der Waals surface area contributed by atoms with E-state index < -0.39 is 5.41 Å². The minimum atomic E-state index is -0.664. The monoisotopic (exact) mass is 741 g/mol. The van der Waals surface area contributed by atoms with Gasteiger partial charge in [0.2, 0.25) is 0 Å². The first-order valence-corrected chi connectivity index (χ1v) is 19.6. The van der Waals surface area contributed by atoms with Gasteiger partial charge in [0, 0.05) is 38.7 Å². The summed E-state index contributed by atoms with van der Waals surface area (Å²) >= 11 is 0. The summed E-state index contributed by atoms with van der Waals surface area (Å²) in [6, 6.07) is 74.4. The third-order valence-corrected chi connectivity index (χ3v) is 11.3. The van der Waals surface area contributed by atoms with Crippen LogP contribution < -0.4 is 0 Å². The van der Waals surface area contributed by atoms with Gasteiger partial charge in [-0.3, -0.25) is 4.99 Å². The van der Waals surface area contributed by atoms with Crippen LogP contribution in [0.2, 0.25) is 0 Å². The zero-order valence-corrected chi connectivity index (χ0v) is 31.4. The SMILES string of the molecule is c1ccc(C2=Nc3cc4c5ccccc5n(-c5cccc(-c6nc(-c7ccccc7)nc(-c7ccccc7)n6)c5)c4cc3C2(c2ccccc2)c2ccccc2)cc1. The Bertz CT molecular complexity index is 3040. The standard InChI is InChI=1S/C53H35N5/c1-6-19-36(20-7-1)49-53(40-26-12-4-13-27-40,41-28-14-5-15-29-41)45-35-48-44(34-46(45)54-49)43-31-16-17-32-47(43)58(48)42-30-18-25-39(33-42)52-56-50(37-21-8-2-9-22-37)55-51(57-52)38-23-10-3-11-24-38/h1-35H. The predicted molar refractivity (Wildman–Crippen MR) is 236 cm³/mol. The number of nitrogens with zero attached hydrogens (tertiary/aromatic N) is 5. The molecule has 0 N–H and O–H groups in total. The molecule has 5 heteroatoms. The minimum absolute atomic E-state index is 0.615. The second kappa shape index (κ2) is 13.8. The molecule has 0 aliphatic carbocycles. The van der Waals surface area contributed by atoms with Crippen molar-refractivity contribution in [3.63, 3.8) is 0 Å². The van der Waals surface area contributed by atoms with Crippen LogP contribution in [-0.4, -0.2) is 25.2 Å². The molecule has 0 saturated heterocycles. The Morgan fingerprint density at radius 1 is 0.362 bits per heavy atom. The summed E-state index contributed by atoms with van der Waals surface area (Å²) in [7, 11) is 0. The highest BCUT2D eigenvalue weighted by atomic mass is 15.0. The molecule has 11 rings (SSSR count). The lowest BCUT2D eigenvalue weighted by atomic mass is 9.65. The summed E-state index contributed by atoms with van der Waals surface area (Å²) in [4.78, 5) is 20.7. The van der Waals surface area contributed by atoms with E-state index in [0.717, 1.165) is 66.7 Å². The highest BCUT2D eigenvalue weighted by molar-refractivity contribution is 6.19. The molecule has 0 radical (unpaired) electrons. The second-order valence-corrected chi connectivity index (χ2v) is 14.6. The van der Waals surface area contributed by atoms with E-state index in [9.17, 15) is 0 Å². The van der Waals surface area contributed by atoms with Gasteiger partial charge in [-0.25, -0.2) is 15.0 Å². The zero-order chi connectivity index (χ0) is 38.5. The smallest absolute Gasteiger partial charge is 0.164 e. The molecule has 5 nitrogen and oxygen atoms in total. The van der Waals surface area contributed by atoms with E-state index in [1.165, 1.54) is 11.1 Å². The van der Waals surface area contributed by atoms with Gasteiger partial charge < -0.3 is 4.57 Å². The van der Waals surface area contributed by atoms with Crippen molar-refractivity contribution in [3.8, 4) is 39.9 Å². The third kappa shape index (κ3) is 5.40. The van der Waals surface area contributed by atoms with Crippen molar-refractivity contribution in [1.29, 1.82) is 0 Å². The molecule has 8 aromatic carbocycles. The normalized spacial score (nSPS) is 13.1. The Labute approximate surface area is 336 Å². The van der Waals surface area contributed by atoms with Gasteiger partial charge in [0.25, 0.3) is 0 Å². The van der Waals surface area contributed by atoms with Crippen LogP contribution in [0.25, 0.3) is 61.7 Å². The van der Waals surface area contributed by atoms with Gasteiger partial charge in [-0.2, -0.15) is 0 Å². The molecular formula is C53H35N5. The molecule has 0 amide bonds. The number of aliphatic imine (C=N–C) groups is 1. The van der Waals surface area contributed by atoms with E-state index in [-0.39, 0.29) is 0 Å². The van der Waals surface area contributed by atoms with Crippen molar-refractivity contribution in [2.45, 2.75) is 5.41 Å². The van der Waals surface area contributed by atoms with Crippen LogP contribution in [0.15, 0.2) is 217 Å². The van der Waals surface area contributed by atoms with E-state index >= 15 is 0 Å². The van der Waals surface area contributed by atoms with Gasteiger partial charge in [0.1, 0.15) is 0 Å². The number of aromatic nitrogens is 4. The maximum Gasteiger partial charge on any atom is 0.164 e. The van der Waals surface area contributed by atoms with Crippen LogP contribution in [-0.2, 0) is 5.41 Å². The maximum atomic E-state index is 5.57. The number of fused-ring (bicyclic) bond motifs is 4. The van der Waals surface area contributed by atoms with Gasteiger partial charge in [0.15, 0.2) is 17.5 Å². The van der Waals surface area contributed by atoms with E-state index in [1.54, 1.807) is 0 Å². The minimum Gasteiger partial charge on any atom is -0.309 e. The van der Waals surface area contributed by atoms with E-state index in [1.807, 2.05) is 60.7 Å². The molecule has 272 valence electrons. The summed E-state index contributed by atoms with van der Waals surface area (Å²) in [5.74, 6) is 1.88. The topological polar surface area (TPSA) is 56.0 Å². The molecule has 0 saturated carbocycles. The zero-order valence-electron chi connectivity index (χ0n) is 31.4. The maximum absolute atomic E-state index is 5.57. The van der Waals surface area contributed by atoms with Crippen LogP contribution in [0.4, 0.5) is 5.69 Å². The predicted octanol–water partition coefficient (Wildman–Crippen LogP) is 12.4. The molecular weight excluding hydrogens is 707 g/mol. The molecule has 0 bridgehead atoms. The summed E-state index contributed by atoms with van der Waals surface area (Å²) in [6.45, 7) is 0. The molecule has 2 aromatic heterocycles. The van der Waals surface area contributed by atoms with E-state index in [2.05, 4.69) is 156 Å². The van der Waals surface area contributed by atoms with Crippen LogP contribution in [0.1, 0.15) is 22.3 Å². The molecule has 1 aliphatic heterocycles. The van der Waals surface area contributed by atoms with Gasteiger partial charge in [-0.15, -0.1) is 0 Å². The van der Waals surface area contributed by atoms with Crippen LogP contribution in [0.5, 0.6) is 0 Å². The number of rotatable bonds is 7. The first kappa shape index (κ1) is 33.6. The molecule has 0 unspecified atom stereocenters. The third-order valence-electron chi connectivity index (χ3n) is 11.3. The number of hydrogen-bond acceptors (Lipinski definition) is 4. The molecule has 0 fully saturated rings. The van der Waals surface area contributed by atoms with Gasteiger partial charge >= 0.3 is 0 Å². The van der Waals surface area contributed by atoms with Crippen molar-refractivity contribution < 1.29 is 0 Å². The van der Waals surface area contributed by atoms with Crippen LogP contribution >= 0.6 is 0 Å². The van der Waals surface area contributed by atoms with Crippen molar-refractivity contribution in [3.05, 3.63) is 235 Å². The fourth-order valence-electron chi connectivity index (χ4n) is 8.73. The van der Waals surface area contributed by atoms with Crippen molar-refractivity contribution in [2.24, 2.45) is 4.99 Å². The largest absolute Gasteiger partial charge is 0.309 e. The Kier molecular flexibility index (Phi) is 7.97. The van der Waals surface area contributed by atoms with Crippen molar-refractivity contribution in [2.75, 3.05) is 0 Å². The molecule has 0 spiro atoms. The fraction of sp³-hybridized carbons (Fsp3) is 0.0189. The number of benzene rings is 8. The Morgan fingerprint density at radius 3 is 1.43 bits per heavy atom. The first-order valence-electron chi connectivity index (χ1n) is 19.6. The lowest BCUT2D eigenvalue weighted by Crippen LogP contribution is -2.36. The number of hydrogen-bond donors (Lipinski definition) is 0. The molecule has 10 aromatic rings. The van der Waals surface area contributed by atoms with Crippen molar-refractivity contribution in [1.82, 2.24) is 19.5 Å². The fourth-order valence-corrected chi connectivity index (χ4v) is 8.73. The van der Waals surface area contributed by atoms with Gasteiger partial charge in [0.05, 0.1) is 27.8 Å². The molecule has 58 heavy (non-hydrogen) atoms. The highest BCUT2D eigenvalue weighted by Crippen LogP contribution is 2.53. The summed E-state index contributed by atoms with van der Waals surface area (Å²) in [5, 5.41) is 2.31. The molecule has 3 heterocycles. The van der Waals surface area contributed by atoms with Crippen molar-refractivity contribution >= 4 is 33.2 Å². The Morgan fingerprint density at radius 2 is 0.845 bits per heavy atom. The summed E-state index contributed by atoms with van der Waals surface area (Å²) in [5.41, 5.74) is 11.9. The average molecular weight is 742 g/mol. The quantitative estimate of drug-likeness (QED) is 0.163. The second-order valence-electron chi connectivity index (χ2n) is 14.6. The highest BCUT2D eigenvalue weighted by Gasteiger charge is 2.47. The Hall–Kier alpha value is -7.76. The van der Waals surface area contributed by atoms with Gasteiger partial charge in [-0.1, -0.05) is 182 Å². The van der Waals surface area contributed by atoms with Crippen LogP contribution in [0, 0.1) is 0 Å².